The minimum absolute atomic E-state index is 0.671. The maximum Gasteiger partial charge on any atom is 0.183 e. The van der Waals surface area contributed by atoms with Crippen molar-refractivity contribution >= 4 is 23.1 Å². The van der Waals surface area contributed by atoms with Crippen LogP contribution < -0.4 is 0 Å². The zero-order valence-corrected chi connectivity index (χ0v) is 10.0. The highest BCUT2D eigenvalue weighted by molar-refractivity contribution is 8.13. The van der Waals surface area contributed by atoms with Gasteiger partial charge in [-0.25, -0.2) is 4.99 Å². The lowest BCUT2D eigenvalue weighted by Crippen LogP contribution is -1.89. The molecule has 0 bridgehead atoms. The Balaban J connectivity index is 1.87. The van der Waals surface area contributed by atoms with E-state index in [2.05, 4.69) is 34.3 Å². The average molecular weight is 234 g/mol. The maximum atomic E-state index is 5.07. The molecule has 0 saturated carbocycles. The maximum absolute atomic E-state index is 5.07. The molecular weight excluding hydrogens is 220 g/mol. The van der Waals surface area contributed by atoms with E-state index in [1.807, 2.05) is 6.21 Å². The van der Waals surface area contributed by atoms with Crippen LogP contribution in [0.4, 0.5) is 0 Å². The van der Waals surface area contributed by atoms with E-state index in [-0.39, 0.29) is 0 Å². The van der Waals surface area contributed by atoms with Gasteiger partial charge in [0.15, 0.2) is 5.17 Å². The van der Waals surface area contributed by atoms with Crippen LogP contribution in [0.15, 0.2) is 34.3 Å². The lowest BCUT2D eigenvalue weighted by molar-refractivity contribution is 0.185. The van der Waals surface area contributed by atoms with Crippen LogP contribution in [0.5, 0.6) is 0 Å². The number of amidine groups is 1. The summed E-state index contributed by atoms with van der Waals surface area (Å²) in [6.07, 6.45) is 1.84. The molecule has 4 heteroatoms. The van der Waals surface area contributed by atoms with E-state index in [1.165, 1.54) is 11.1 Å². The normalized spacial score (nSPS) is 14.2. The topological polar surface area (TPSA) is 34.0 Å². The third kappa shape index (κ3) is 3.18. The molecule has 1 aliphatic rings. The lowest BCUT2D eigenvalue weighted by Gasteiger charge is -2.02. The molecule has 0 amide bonds. The summed E-state index contributed by atoms with van der Waals surface area (Å²) in [7, 11) is 1.71. The summed E-state index contributed by atoms with van der Waals surface area (Å²) in [5, 5.41) is 0.890. The standard InChI is InChI=1S/C12H14N2OS/c1-15-8-10-2-4-11(5-3-10)9-16-12-13-6-7-14-12/h2-6H,7-9H2,1H3. The lowest BCUT2D eigenvalue weighted by atomic mass is 10.2. The second-order valence-corrected chi connectivity index (χ2v) is 4.42. The summed E-state index contributed by atoms with van der Waals surface area (Å²) in [5.41, 5.74) is 2.49. The van der Waals surface area contributed by atoms with Gasteiger partial charge in [-0.2, -0.15) is 0 Å². The van der Waals surface area contributed by atoms with Crippen LogP contribution in [0.2, 0.25) is 0 Å². The van der Waals surface area contributed by atoms with Gasteiger partial charge in [-0.1, -0.05) is 36.0 Å². The average Bonchev–Trinajstić information content (AvgIpc) is 2.82. The Morgan fingerprint density at radius 2 is 2.00 bits per heavy atom. The zero-order chi connectivity index (χ0) is 11.2. The number of nitrogens with zero attached hydrogens (tertiary/aromatic N) is 2. The van der Waals surface area contributed by atoms with Gasteiger partial charge in [0.25, 0.3) is 0 Å². The van der Waals surface area contributed by atoms with Gasteiger partial charge >= 0.3 is 0 Å². The number of hydrogen-bond donors (Lipinski definition) is 0. The van der Waals surface area contributed by atoms with Crippen LogP contribution in [0.25, 0.3) is 0 Å². The first-order valence-electron chi connectivity index (χ1n) is 5.15. The van der Waals surface area contributed by atoms with Crippen LogP contribution in [0, 0.1) is 0 Å². The Kier molecular flexibility index (Phi) is 4.13. The Labute approximate surface area is 99.6 Å². The summed E-state index contributed by atoms with van der Waals surface area (Å²) in [6.45, 7) is 1.40. The minimum atomic E-state index is 0.671. The number of benzene rings is 1. The molecule has 1 aliphatic heterocycles. The number of methoxy groups -OCH3 is 1. The fourth-order valence-corrected chi connectivity index (χ4v) is 2.21. The quantitative estimate of drug-likeness (QED) is 0.802. The van der Waals surface area contributed by atoms with Crippen LogP contribution in [-0.2, 0) is 17.1 Å². The van der Waals surface area contributed by atoms with Crippen molar-refractivity contribution in [1.29, 1.82) is 0 Å². The SMILES string of the molecule is COCc1ccc(CSC2=NCC=N2)cc1. The summed E-state index contributed by atoms with van der Waals surface area (Å²) in [4.78, 5) is 8.40. The fraction of sp³-hybridized carbons (Fsp3) is 0.333. The number of rotatable bonds is 4. The molecule has 1 aromatic rings. The Morgan fingerprint density at radius 3 is 2.62 bits per heavy atom. The molecule has 0 aromatic heterocycles. The third-order valence-corrected chi connectivity index (χ3v) is 3.18. The molecule has 0 fully saturated rings. The predicted octanol–water partition coefficient (Wildman–Crippen LogP) is 2.51. The van der Waals surface area contributed by atoms with Gasteiger partial charge in [-0.3, -0.25) is 4.99 Å². The number of aliphatic imine (C=N–C) groups is 2. The van der Waals surface area contributed by atoms with E-state index in [0.29, 0.717) is 6.61 Å². The molecule has 1 heterocycles. The van der Waals surface area contributed by atoms with E-state index >= 15 is 0 Å². The largest absolute Gasteiger partial charge is 0.380 e. The molecule has 0 unspecified atom stereocenters. The fourth-order valence-electron chi connectivity index (χ4n) is 1.41. The zero-order valence-electron chi connectivity index (χ0n) is 9.22. The van der Waals surface area contributed by atoms with Gasteiger partial charge in [-0.05, 0) is 11.1 Å². The van der Waals surface area contributed by atoms with Gasteiger partial charge < -0.3 is 4.74 Å². The first-order valence-corrected chi connectivity index (χ1v) is 6.13. The first kappa shape index (κ1) is 11.4. The Hall–Kier alpha value is -1.13. The highest BCUT2D eigenvalue weighted by atomic mass is 32.2. The first-order chi connectivity index (χ1) is 7.88. The molecule has 84 valence electrons. The second kappa shape index (κ2) is 5.82. The van der Waals surface area contributed by atoms with Gasteiger partial charge in [0.1, 0.15) is 0 Å². The third-order valence-electron chi connectivity index (χ3n) is 2.21. The molecule has 0 spiro atoms. The highest BCUT2D eigenvalue weighted by Gasteiger charge is 2.02. The molecule has 0 saturated heterocycles. The van der Waals surface area contributed by atoms with Crippen molar-refractivity contribution in [3.63, 3.8) is 0 Å². The molecule has 16 heavy (non-hydrogen) atoms. The van der Waals surface area contributed by atoms with Crippen LogP contribution in [0.1, 0.15) is 11.1 Å². The van der Waals surface area contributed by atoms with Crippen LogP contribution >= 0.6 is 11.8 Å². The van der Waals surface area contributed by atoms with Crippen molar-refractivity contribution in [2.24, 2.45) is 9.98 Å². The summed E-state index contributed by atoms with van der Waals surface area (Å²) in [6, 6.07) is 8.44. The van der Waals surface area contributed by atoms with E-state index in [4.69, 9.17) is 4.74 Å². The molecule has 0 atom stereocenters. The van der Waals surface area contributed by atoms with Gasteiger partial charge in [0, 0.05) is 19.1 Å². The van der Waals surface area contributed by atoms with Gasteiger partial charge in [0.2, 0.25) is 0 Å². The summed E-state index contributed by atoms with van der Waals surface area (Å²) < 4.78 is 5.07. The summed E-state index contributed by atoms with van der Waals surface area (Å²) >= 11 is 1.68. The van der Waals surface area contributed by atoms with E-state index in [0.717, 1.165) is 17.5 Å². The van der Waals surface area contributed by atoms with Gasteiger partial charge in [0.05, 0.1) is 13.2 Å². The smallest absolute Gasteiger partial charge is 0.183 e. The Bertz CT molecular complexity index is 398. The molecule has 2 rings (SSSR count). The molecule has 0 aliphatic carbocycles. The highest BCUT2D eigenvalue weighted by Crippen LogP contribution is 2.16. The second-order valence-electron chi connectivity index (χ2n) is 3.47. The monoisotopic (exact) mass is 234 g/mol. The molecular formula is C12H14N2OS. The molecule has 0 radical (unpaired) electrons. The Morgan fingerprint density at radius 1 is 1.25 bits per heavy atom. The molecule has 1 aromatic carbocycles. The van der Waals surface area contributed by atoms with E-state index in [9.17, 15) is 0 Å². The van der Waals surface area contributed by atoms with Crippen molar-refractivity contribution in [3.8, 4) is 0 Å². The van der Waals surface area contributed by atoms with Crippen molar-refractivity contribution in [1.82, 2.24) is 0 Å². The number of thioether (sulfide) groups is 1. The minimum Gasteiger partial charge on any atom is -0.380 e. The van der Waals surface area contributed by atoms with E-state index < -0.39 is 0 Å². The molecule has 3 nitrogen and oxygen atoms in total. The van der Waals surface area contributed by atoms with Crippen molar-refractivity contribution in [2.75, 3.05) is 13.7 Å². The van der Waals surface area contributed by atoms with E-state index in [1.54, 1.807) is 18.9 Å². The molecule has 0 N–H and O–H groups in total. The summed E-state index contributed by atoms with van der Waals surface area (Å²) in [5.74, 6) is 0.920. The van der Waals surface area contributed by atoms with Crippen molar-refractivity contribution < 1.29 is 4.74 Å². The van der Waals surface area contributed by atoms with Crippen LogP contribution in [0.3, 0.4) is 0 Å². The predicted molar refractivity (Wildman–Crippen MR) is 69.2 cm³/mol. The van der Waals surface area contributed by atoms with Crippen LogP contribution in [-0.4, -0.2) is 25.0 Å². The van der Waals surface area contributed by atoms with Crippen molar-refractivity contribution in [3.05, 3.63) is 35.4 Å². The number of hydrogen-bond acceptors (Lipinski definition) is 4. The van der Waals surface area contributed by atoms with Crippen molar-refractivity contribution in [2.45, 2.75) is 12.4 Å². The number of ether oxygens (including phenoxy) is 1. The van der Waals surface area contributed by atoms with Gasteiger partial charge in [-0.15, -0.1) is 0 Å².